The van der Waals surface area contributed by atoms with Crippen molar-refractivity contribution in [2.45, 2.75) is 27.0 Å². The predicted octanol–water partition coefficient (Wildman–Crippen LogP) is -0.135. The Balaban J connectivity index is 2.06. The normalized spacial score (nSPS) is 10.5. The molecule has 2 aromatic rings. The van der Waals surface area contributed by atoms with Gasteiger partial charge in [-0.25, -0.2) is 9.67 Å². The van der Waals surface area contributed by atoms with Gasteiger partial charge in [-0.2, -0.15) is 5.10 Å². The number of ether oxygens (including phenoxy) is 1. The van der Waals surface area contributed by atoms with Crippen LogP contribution in [0.1, 0.15) is 18.3 Å². The zero-order chi connectivity index (χ0) is 13.8. The summed E-state index contributed by atoms with van der Waals surface area (Å²) in [5.41, 5.74) is 1.24. The molecular formula is C12H16BN3O3. The van der Waals surface area contributed by atoms with Gasteiger partial charge in [-0.1, -0.05) is 6.07 Å². The Morgan fingerprint density at radius 2 is 2.16 bits per heavy atom. The number of benzene rings is 1. The van der Waals surface area contributed by atoms with Crippen molar-refractivity contribution < 1.29 is 14.8 Å². The molecule has 100 valence electrons. The predicted molar refractivity (Wildman–Crippen MR) is 71.0 cm³/mol. The van der Waals surface area contributed by atoms with Gasteiger partial charge in [-0.15, -0.1) is 0 Å². The molecule has 6 nitrogen and oxygen atoms in total. The maximum absolute atomic E-state index is 9.14. The summed E-state index contributed by atoms with van der Waals surface area (Å²) in [4.78, 5) is 4.12. The Morgan fingerprint density at radius 3 is 2.79 bits per heavy atom. The zero-order valence-corrected chi connectivity index (χ0v) is 10.9. The fourth-order valence-electron chi connectivity index (χ4n) is 1.84. The van der Waals surface area contributed by atoms with Crippen molar-refractivity contribution in [2.24, 2.45) is 0 Å². The lowest BCUT2D eigenvalue weighted by Crippen LogP contribution is -2.31. The lowest BCUT2D eigenvalue weighted by molar-refractivity contribution is 0.287. The molecule has 0 aliphatic carbocycles. The van der Waals surface area contributed by atoms with Gasteiger partial charge in [0.25, 0.3) is 0 Å². The average molecular weight is 261 g/mol. The minimum atomic E-state index is -1.46. The first-order valence-corrected chi connectivity index (χ1v) is 6.08. The number of hydrogen-bond donors (Lipinski definition) is 2. The SMILES string of the molecule is CCn1ncnc1COc1ccc(B(O)O)c(C)c1. The first kappa shape index (κ1) is 13.6. The van der Waals surface area contributed by atoms with E-state index in [9.17, 15) is 0 Å². The van der Waals surface area contributed by atoms with Gasteiger partial charge < -0.3 is 14.8 Å². The molecular weight excluding hydrogens is 245 g/mol. The molecule has 0 aliphatic heterocycles. The highest BCUT2D eigenvalue weighted by atomic mass is 16.5. The number of aromatic nitrogens is 3. The topological polar surface area (TPSA) is 80.4 Å². The van der Waals surface area contributed by atoms with E-state index in [1.165, 1.54) is 6.33 Å². The van der Waals surface area contributed by atoms with E-state index in [4.69, 9.17) is 14.8 Å². The number of rotatable bonds is 5. The standard InChI is InChI=1S/C12H16BN3O3/c1-3-16-12(14-8-15-16)7-19-10-4-5-11(13(17)18)9(2)6-10/h4-6,8,17-18H,3,7H2,1-2H3. The van der Waals surface area contributed by atoms with Crippen LogP contribution in [0.4, 0.5) is 0 Å². The maximum atomic E-state index is 9.14. The van der Waals surface area contributed by atoms with Gasteiger partial charge in [-0.05, 0) is 37.0 Å². The molecule has 2 N–H and O–H groups in total. The van der Waals surface area contributed by atoms with Crippen LogP contribution in [0.25, 0.3) is 0 Å². The second kappa shape index (κ2) is 5.86. The fourth-order valence-corrected chi connectivity index (χ4v) is 1.84. The number of hydrogen-bond acceptors (Lipinski definition) is 5. The van der Waals surface area contributed by atoms with Crippen molar-refractivity contribution in [3.8, 4) is 5.75 Å². The largest absolute Gasteiger partial charge is 0.488 e. The quantitative estimate of drug-likeness (QED) is 0.732. The molecule has 0 radical (unpaired) electrons. The summed E-state index contributed by atoms with van der Waals surface area (Å²) in [5.74, 6) is 1.42. The van der Waals surface area contributed by atoms with Gasteiger partial charge in [0.05, 0.1) is 0 Å². The highest BCUT2D eigenvalue weighted by molar-refractivity contribution is 6.59. The minimum Gasteiger partial charge on any atom is -0.486 e. The summed E-state index contributed by atoms with van der Waals surface area (Å²) in [6, 6.07) is 5.11. The van der Waals surface area contributed by atoms with Crippen LogP contribution in [-0.2, 0) is 13.2 Å². The summed E-state index contributed by atoms with van der Waals surface area (Å²) < 4.78 is 7.38. The van der Waals surface area contributed by atoms with Crippen molar-refractivity contribution in [1.82, 2.24) is 14.8 Å². The summed E-state index contributed by atoms with van der Waals surface area (Å²) in [6.45, 7) is 4.86. The molecule has 0 spiro atoms. The molecule has 1 aromatic carbocycles. The molecule has 0 saturated heterocycles. The number of nitrogens with zero attached hydrogens (tertiary/aromatic N) is 3. The van der Waals surface area contributed by atoms with Crippen molar-refractivity contribution in [3.05, 3.63) is 35.9 Å². The second-order valence-corrected chi connectivity index (χ2v) is 4.17. The van der Waals surface area contributed by atoms with Crippen LogP contribution in [0.15, 0.2) is 24.5 Å². The molecule has 2 rings (SSSR count). The molecule has 0 unspecified atom stereocenters. The average Bonchev–Trinajstić information content (AvgIpc) is 2.83. The van der Waals surface area contributed by atoms with Crippen LogP contribution in [0, 0.1) is 6.92 Å². The Kier molecular flexibility index (Phi) is 4.18. The Labute approximate surface area is 111 Å². The summed E-state index contributed by atoms with van der Waals surface area (Å²) in [5, 5.41) is 22.3. The van der Waals surface area contributed by atoms with Crippen LogP contribution in [-0.4, -0.2) is 31.9 Å². The first-order valence-electron chi connectivity index (χ1n) is 6.08. The zero-order valence-electron chi connectivity index (χ0n) is 10.9. The lowest BCUT2D eigenvalue weighted by atomic mass is 9.77. The third-order valence-corrected chi connectivity index (χ3v) is 2.88. The molecule has 0 bridgehead atoms. The van der Waals surface area contributed by atoms with Crippen LogP contribution in [0.2, 0.25) is 0 Å². The highest BCUT2D eigenvalue weighted by Gasteiger charge is 2.14. The Bertz CT molecular complexity index is 557. The summed E-state index contributed by atoms with van der Waals surface area (Å²) in [7, 11) is -1.46. The lowest BCUT2D eigenvalue weighted by Gasteiger charge is -2.09. The van der Waals surface area contributed by atoms with E-state index in [0.29, 0.717) is 17.8 Å². The van der Waals surface area contributed by atoms with Gasteiger partial charge in [0, 0.05) is 6.54 Å². The molecule has 1 aromatic heterocycles. The Hall–Kier alpha value is -1.86. The molecule has 0 fully saturated rings. The van der Waals surface area contributed by atoms with Crippen LogP contribution < -0.4 is 10.2 Å². The molecule has 7 heteroatoms. The van der Waals surface area contributed by atoms with E-state index in [-0.39, 0.29) is 0 Å². The molecule has 1 heterocycles. The molecule has 19 heavy (non-hydrogen) atoms. The molecule has 0 saturated carbocycles. The van der Waals surface area contributed by atoms with E-state index >= 15 is 0 Å². The van der Waals surface area contributed by atoms with Crippen molar-refractivity contribution in [2.75, 3.05) is 0 Å². The van der Waals surface area contributed by atoms with Gasteiger partial charge in [-0.3, -0.25) is 0 Å². The summed E-state index contributed by atoms with van der Waals surface area (Å²) >= 11 is 0. The van der Waals surface area contributed by atoms with Gasteiger partial charge in [0.2, 0.25) is 0 Å². The fraction of sp³-hybridized carbons (Fsp3) is 0.333. The van der Waals surface area contributed by atoms with Crippen LogP contribution >= 0.6 is 0 Å². The second-order valence-electron chi connectivity index (χ2n) is 4.17. The third kappa shape index (κ3) is 3.13. The van der Waals surface area contributed by atoms with Crippen molar-refractivity contribution in [3.63, 3.8) is 0 Å². The van der Waals surface area contributed by atoms with E-state index < -0.39 is 7.12 Å². The van der Waals surface area contributed by atoms with E-state index in [2.05, 4.69) is 10.1 Å². The van der Waals surface area contributed by atoms with E-state index in [1.54, 1.807) is 29.8 Å². The van der Waals surface area contributed by atoms with Crippen LogP contribution in [0.5, 0.6) is 5.75 Å². The maximum Gasteiger partial charge on any atom is 0.488 e. The first-order chi connectivity index (χ1) is 9.11. The minimum absolute atomic E-state index is 0.328. The summed E-state index contributed by atoms with van der Waals surface area (Å²) in [6.07, 6.45) is 1.50. The molecule has 0 aliphatic rings. The van der Waals surface area contributed by atoms with Gasteiger partial charge >= 0.3 is 7.12 Å². The van der Waals surface area contributed by atoms with Crippen molar-refractivity contribution in [1.29, 1.82) is 0 Å². The van der Waals surface area contributed by atoms with E-state index in [0.717, 1.165) is 17.9 Å². The number of aryl methyl sites for hydroxylation is 2. The smallest absolute Gasteiger partial charge is 0.486 e. The van der Waals surface area contributed by atoms with Crippen molar-refractivity contribution >= 4 is 12.6 Å². The molecule has 0 amide bonds. The van der Waals surface area contributed by atoms with Gasteiger partial charge in [0.1, 0.15) is 18.7 Å². The van der Waals surface area contributed by atoms with E-state index in [1.807, 2.05) is 6.92 Å². The Morgan fingerprint density at radius 1 is 1.37 bits per heavy atom. The molecule has 0 atom stereocenters. The van der Waals surface area contributed by atoms with Gasteiger partial charge in [0.15, 0.2) is 5.82 Å². The van der Waals surface area contributed by atoms with Crippen LogP contribution in [0.3, 0.4) is 0 Å². The third-order valence-electron chi connectivity index (χ3n) is 2.88. The highest BCUT2D eigenvalue weighted by Crippen LogP contribution is 2.13. The monoisotopic (exact) mass is 261 g/mol.